The fourth-order valence-corrected chi connectivity index (χ4v) is 1.99. The van der Waals surface area contributed by atoms with E-state index in [1.165, 1.54) is 6.07 Å². The first-order valence-electron chi connectivity index (χ1n) is 5.64. The molecule has 1 unspecified atom stereocenters. The molecule has 1 aromatic carbocycles. The summed E-state index contributed by atoms with van der Waals surface area (Å²) in [6.07, 6.45) is 0. The molecule has 4 nitrogen and oxygen atoms in total. The zero-order valence-electron chi connectivity index (χ0n) is 10.1. The number of aliphatic imine (C=N–C) groups is 1. The number of nitrogens with two attached hydrogens (primary N) is 1. The molecule has 0 spiro atoms. The van der Waals surface area contributed by atoms with Gasteiger partial charge in [-0.2, -0.15) is 0 Å². The van der Waals surface area contributed by atoms with Gasteiger partial charge in [0.15, 0.2) is 17.6 Å². The predicted octanol–water partition coefficient (Wildman–Crippen LogP) is 1.28. The van der Waals surface area contributed by atoms with E-state index in [0.29, 0.717) is 31.2 Å². The maximum Gasteiger partial charge on any atom is 0.192 e. The van der Waals surface area contributed by atoms with Crippen molar-refractivity contribution in [2.75, 3.05) is 26.8 Å². The Hall–Kier alpha value is -1.69. The standard InChI is InChI=1S/C12H15F2N3O/c1-18-5-4-17-11(7-16-12(17)15)8-2-3-9(13)10(14)6-8/h2-3,6,11H,4-5,7H2,1H3,(H2,15,16). The number of nitrogens with zero attached hydrogens (tertiary/aromatic N) is 2. The summed E-state index contributed by atoms with van der Waals surface area (Å²) < 4.78 is 31.1. The second kappa shape index (κ2) is 5.30. The summed E-state index contributed by atoms with van der Waals surface area (Å²) in [4.78, 5) is 5.96. The number of guanidine groups is 1. The van der Waals surface area contributed by atoms with Gasteiger partial charge in [0.1, 0.15) is 0 Å². The van der Waals surface area contributed by atoms with Crippen LogP contribution in [0.1, 0.15) is 11.6 Å². The Kier molecular flexibility index (Phi) is 3.76. The van der Waals surface area contributed by atoms with Gasteiger partial charge in [0.2, 0.25) is 0 Å². The third-order valence-corrected chi connectivity index (χ3v) is 2.96. The lowest BCUT2D eigenvalue weighted by Gasteiger charge is -2.26. The van der Waals surface area contributed by atoms with Crippen LogP contribution in [0.2, 0.25) is 0 Å². The van der Waals surface area contributed by atoms with E-state index in [9.17, 15) is 8.78 Å². The number of benzene rings is 1. The summed E-state index contributed by atoms with van der Waals surface area (Å²) in [5, 5.41) is 0. The molecule has 0 radical (unpaired) electrons. The molecule has 0 aromatic heterocycles. The normalized spacial score (nSPS) is 19.2. The van der Waals surface area contributed by atoms with Gasteiger partial charge in [0.25, 0.3) is 0 Å². The molecule has 0 fully saturated rings. The fourth-order valence-electron chi connectivity index (χ4n) is 1.99. The lowest BCUT2D eigenvalue weighted by atomic mass is 10.1. The van der Waals surface area contributed by atoms with Gasteiger partial charge in [0, 0.05) is 13.7 Å². The topological polar surface area (TPSA) is 50.9 Å². The van der Waals surface area contributed by atoms with Crippen LogP contribution in [0.4, 0.5) is 8.78 Å². The number of hydrogen-bond donors (Lipinski definition) is 1. The SMILES string of the molecule is COCCN1C(N)=NCC1c1ccc(F)c(F)c1. The Bertz CT molecular complexity index is 465. The van der Waals surface area contributed by atoms with E-state index in [1.54, 1.807) is 13.2 Å². The summed E-state index contributed by atoms with van der Waals surface area (Å²) in [5.74, 6) is -1.31. The van der Waals surface area contributed by atoms with Crippen molar-refractivity contribution in [3.8, 4) is 0 Å². The Morgan fingerprint density at radius 3 is 2.89 bits per heavy atom. The Balaban J connectivity index is 2.19. The molecule has 0 bridgehead atoms. The molecule has 98 valence electrons. The average Bonchev–Trinajstić information content (AvgIpc) is 2.72. The van der Waals surface area contributed by atoms with E-state index in [1.807, 2.05) is 4.90 Å². The molecule has 1 heterocycles. The van der Waals surface area contributed by atoms with Gasteiger partial charge in [0.05, 0.1) is 19.2 Å². The molecule has 1 atom stereocenters. The minimum absolute atomic E-state index is 0.157. The molecule has 6 heteroatoms. The minimum Gasteiger partial charge on any atom is -0.383 e. The van der Waals surface area contributed by atoms with E-state index in [0.717, 1.165) is 6.07 Å². The number of ether oxygens (including phenoxy) is 1. The van der Waals surface area contributed by atoms with Crippen LogP contribution in [-0.4, -0.2) is 37.7 Å². The third kappa shape index (κ3) is 2.43. The smallest absolute Gasteiger partial charge is 0.192 e. The first-order valence-corrected chi connectivity index (χ1v) is 5.64. The Morgan fingerprint density at radius 2 is 2.22 bits per heavy atom. The van der Waals surface area contributed by atoms with Crippen LogP contribution in [0.3, 0.4) is 0 Å². The van der Waals surface area contributed by atoms with Crippen molar-refractivity contribution >= 4 is 5.96 Å². The maximum absolute atomic E-state index is 13.2. The van der Waals surface area contributed by atoms with E-state index in [2.05, 4.69) is 4.99 Å². The van der Waals surface area contributed by atoms with Crippen molar-refractivity contribution in [3.05, 3.63) is 35.4 Å². The molecule has 0 aliphatic carbocycles. The van der Waals surface area contributed by atoms with Crippen molar-refractivity contribution in [2.24, 2.45) is 10.7 Å². The highest BCUT2D eigenvalue weighted by Crippen LogP contribution is 2.26. The van der Waals surface area contributed by atoms with Crippen LogP contribution in [0.15, 0.2) is 23.2 Å². The van der Waals surface area contributed by atoms with E-state index >= 15 is 0 Å². The van der Waals surface area contributed by atoms with Crippen LogP contribution in [0.25, 0.3) is 0 Å². The molecule has 0 saturated heterocycles. The molecule has 1 aromatic rings. The Labute approximate surface area is 104 Å². The number of hydrogen-bond acceptors (Lipinski definition) is 4. The zero-order valence-corrected chi connectivity index (χ0v) is 10.1. The highest BCUT2D eigenvalue weighted by molar-refractivity contribution is 5.80. The first kappa shape index (κ1) is 12.8. The monoisotopic (exact) mass is 255 g/mol. The summed E-state index contributed by atoms with van der Waals surface area (Å²) >= 11 is 0. The molecular weight excluding hydrogens is 240 g/mol. The average molecular weight is 255 g/mol. The molecular formula is C12H15F2N3O. The maximum atomic E-state index is 13.2. The van der Waals surface area contributed by atoms with Gasteiger partial charge in [-0.3, -0.25) is 4.99 Å². The fraction of sp³-hybridized carbons (Fsp3) is 0.417. The molecule has 18 heavy (non-hydrogen) atoms. The van der Waals surface area contributed by atoms with Crippen molar-refractivity contribution in [1.82, 2.24) is 4.90 Å². The van der Waals surface area contributed by atoms with E-state index < -0.39 is 11.6 Å². The van der Waals surface area contributed by atoms with E-state index in [4.69, 9.17) is 10.5 Å². The largest absolute Gasteiger partial charge is 0.383 e. The molecule has 2 rings (SSSR count). The number of rotatable bonds is 4. The molecule has 0 saturated carbocycles. The van der Waals surface area contributed by atoms with Gasteiger partial charge in [-0.1, -0.05) is 6.07 Å². The highest BCUT2D eigenvalue weighted by Gasteiger charge is 2.27. The van der Waals surface area contributed by atoms with Crippen molar-refractivity contribution in [2.45, 2.75) is 6.04 Å². The summed E-state index contributed by atoms with van der Waals surface area (Å²) in [6, 6.07) is 3.70. The first-order chi connectivity index (χ1) is 8.63. The van der Waals surface area contributed by atoms with Crippen LogP contribution in [-0.2, 0) is 4.74 Å². The second-order valence-corrected chi connectivity index (χ2v) is 4.07. The number of methoxy groups -OCH3 is 1. The lowest BCUT2D eigenvalue weighted by Crippen LogP contribution is -2.38. The summed E-state index contributed by atoms with van der Waals surface area (Å²) in [7, 11) is 1.59. The highest BCUT2D eigenvalue weighted by atomic mass is 19.2. The minimum atomic E-state index is -0.857. The van der Waals surface area contributed by atoms with Gasteiger partial charge < -0.3 is 15.4 Å². The molecule has 1 aliphatic rings. The molecule has 1 aliphatic heterocycles. The van der Waals surface area contributed by atoms with Crippen molar-refractivity contribution < 1.29 is 13.5 Å². The van der Waals surface area contributed by atoms with Crippen LogP contribution in [0, 0.1) is 11.6 Å². The molecule has 2 N–H and O–H groups in total. The third-order valence-electron chi connectivity index (χ3n) is 2.96. The summed E-state index contributed by atoms with van der Waals surface area (Å²) in [6.45, 7) is 1.51. The van der Waals surface area contributed by atoms with Crippen LogP contribution in [0.5, 0.6) is 0 Å². The number of halogens is 2. The van der Waals surface area contributed by atoms with Crippen molar-refractivity contribution in [3.63, 3.8) is 0 Å². The summed E-state index contributed by atoms with van der Waals surface area (Å²) in [5.41, 5.74) is 6.43. The zero-order chi connectivity index (χ0) is 13.1. The van der Waals surface area contributed by atoms with Gasteiger partial charge in [-0.15, -0.1) is 0 Å². The van der Waals surface area contributed by atoms with Gasteiger partial charge in [-0.05, 0) is 17.7 Å². The van der Waals surface area contributed by atoms with Crippen LogP contribution < -0.4 is 5.73 Å². The Morgan fingerprint density at radius 1 is 1.44 bits per heavy atom. The quantitative estimate of drug-likeness (QED) is 0.881. The van der Waals surface area contributed by atoms with Gasteiger partial charge in [-0.25, -0.2) is 8.78 Å². The van der Waals surface area contributed by atoms with Crippen molar-refractivity contribution in [1.29, 1.82) is 0 Å². The van der Waals surface area contributed by atoms with E-state index in [-0.39, 0.29) is 6.04 Å². The second-order valence-electron chi connectivity index (χ2n) is 4.07. The predicted molar refractivity (Wildman–Crippen MR) is 64.2 cm³/mol. The molecule has 0 amide bonds. The van der Waals surface area contributed by atoms with Crippen LogP contribution >= 0.6 is 0 Å². The lowest BCUT2D eigenvalue weighted by molar-refractivity contribution is 0.166. The van der Waals surface area contributed by atoms with Gasteiger partial charge >= 0.3 is 0 Å².